The molecule has 1 saturated heterocycles. The van der Waals surface area contributed by atoms with Crippen LogP contribution in [0.4, 0.5) is 5.69 Å². The van der Waals surface area contributed by atoms with Crippen molar-refractivity contribution in [2.75, 3.05) is 38.5 Å². The van der Waals surface area contributed by atoms with E-state index in [1.165, 1.54) is 19.3 Å². The number of hydrogen-bond donors (Lipinski definition) is 2. The largest absolute Gasteiger partial charge is 0.493 e. The number of piperidine rings is 1. The van der Waals surface area contributed by atoms with Crippen LogP contribution in [0.15, 0.2) is 18.2 Å². The van der Waals surface area contributed by atoms with Crippen LogP contribution in [0.25, 0.3) is 0 Å². The van der Waals surface area contributed by atoms with Crippen molar-refractivity contribution < 1.29 is 9.53 Å². The van der Waals surface area contributed by atoms with Gasteiger partial charge in [-0.15, -0.1) is 0 Å². The molecule has 21 heavy (non-hydrogen) atoms. The highest BCUT2D eigenvalue weighted by Gasteiger charge is 2.16. The monoisotopic (exact) mass is 291 g/mol. The SMILES string of the molecule is CCOc1cccc(N)c1C(=O)NCCN1CCCCC1. The van der Waals surface area contributed by atoms with Crippen LogP contribution in [0, 0.1) is 0 Å². The normalized spacial score (nSPS) is 15.7. The van der Waals surface area contributed by atoms with E-state index >= 15 is 0 Å². The lowest BCUT2D eigenvalue weighted by molar-refractivity contribution is 0.0944. The van der Waals surface area contributed by atoms with Crippen molar-refractivity contribution in [3.05, 3.63) is 23.8 Å². The predicted octanol–water partition coefficient (Wildman–Crippen LogP) is 1.88. The van der Waals surface area contributed by atoms with Gasteiger partial charge >= 0.3 is 0 Å². The van der Waals surface area contributed by atoms with E-state index in [1.54, 1.807) is 18.2 Å². The number of hydrogen-bond acceptors (Lipinski definition) is 4. The molecule has 0 aliphatic carbocycles. The highest BCUT2D eigenvalue weighted by atomic mass is 16.5. The lowest BCUT2D eigenvalue weighted by atomic mass is 10.1. The standard InChI is InChI=1S/C16H25N3O2/c1-2-21-14-8-6-7-13(17)15(14)16(20)18-9-12-19-10-4-3-5-11-19/h6-8H,2-5,9-12,17H2,1H3,(H,18,20). The van der Waals surface area contributed by atoms with Crippen LogP contribution in [0.3, 0.4) is 0 Å². The number of benzene rings is 1. The number of carbonyl (C=O) groups is 1. The summed E-state index contributed by atoms with van der Waals surface area (Å²) >= 11 is 0. The van der Waals surface area contributed by atoms with Crippen LogP contribution in [0.1, 0.15) is 36.5 Å². The molecular weight excluding hydrogens is 266 g/mol. The van der Waals surface area contributed by atoms with E-state index in [0.717, 1.165) is 19.6 Å². The molecule has 1 amide bonds. The van der Waals surface area contributed by atoms with Crippen molar-refractivity contribution in [3.8, 4) is 5.75 Å². The van der Waals surface area contributed by atoms with Crippen LogP contribution in [0.2, 0.25) is 0 Å². The molecule has 1 aliphatic heterocycles. The maximum atomic E-state index is 12.3. The van der Waals surface area contributed by atoms with E-state index in [4.69, 9.17) is 10.5 Å². The Hall–Kier alpha value is -1.75. The molecule has 116 valence electrons. The highest BCUT2D eigenvalue weighted by Crippen LogP contribution is 2.24. The molecule has 5 heteroatoms. The molecule has 0 aromatic heterocycles. The number of nitrogens with two attached hydrogens (primary N) is 1. The average Bonchev–Trinajstić information content (AvgIpc) is 2.48. The Morgan fingerprint density at radius 2 is 2.10 bits per heavy atom. The maximum Gasteiger partial charge on any atom is 0.257 e. The molecule has 5 nitrogen and oxygen atoms in total. The van der Waals surface area contributed by atoms with E-state index in [1.807, 2.05) is 6.92 Å². The Labute approximate surface area is 126 Å². The number of ether oxygens (including phenoxy) is 1. The van der Waals surface area contributed by atoms with E-state index < -0.39 is 0 Å². The summed E-state index contributed by atoms with van der Waals surface area (Å²) in [5.41, 5.74) is 6.81. The summed E-state index contributed by atoms with van der Waals surface area (Å²) in [6.07, 6.45) is 3.84. The number of amides is 1. The van der Waals surface area contributed by atoms with Gasteiger partial charge in [0.05, 0.1) is 6.61 Å². The van der Waals surface area contributed by atoms with Gasteiger partial charge in [0.1, 0.15) is 11.3 Å². The Morgan fingerprint density at radius 3 is 2.81 bits per heavy atom. The quantitative estimate of drug-likeness (QED) is 0.785. The number of rotatable bonds is 6. The van der Waals surface area contributed by atoms with Gasteiger partial charge in [-0.1, -0.05) is 12.5 Å². The fraction of sp³-hybridized carbons (Fsp3) is 0.562. The molecule has 0 atom stereocenters. The van der Waals surface area contributed by atoms with Crippen molar-refractivity contribution >= 4 is 11.6 Å². The second-order valence-corrected chi connectivity index (χ2v) is 5.31. The maximum absolute atomic E-state index is 12.3. The Bertz CT molecular complexity index is 471. The zero-order chi connectivity index (χ0) is 15.1. The predicted molar refractivity (Wildman–Crippen MR) is 84.6 cm³/mol. The second kappa shape index (κ2) is 7.88. The van der Waals surface area contributed by atoms with Gasteiger partial charge in [-0.2, -0.15) is 0 Å². The van der Waals surface area contributed by atoms with Gasteiger partial charge in [0.25, 0.3) is 5.91 Å². The minimum Gasteiger partial charge on any atom is -0.493 e. The molecule has 1 heterocycles. The molecular formula is C16H25N3O2. The molecule has 0 bridgehead atoms. The Morgan fingerprint density at radius 1 is 1.33 bits per heavy atom. The highest BCUT2D eigenvalue weighted by molar-refractivity contribution is 6.01. The summed E-state index contributed by atoms with van der Waals surface area (Å²) in [7, 11) is 0. The van der Waals surface area contributed by atoms with E-state index in [0.29, 0.717) is 30.2 Å². The van der Waals surface area contributed by atoms with Crippen molar-refractivity contribution in [2.45, 2.75) is 26.2 Å². The van der Waals surface area contributed by atoms with Gasteiger partial charge in [0.2, 0.25) is 0 Å². The third-order valence-corrected chi connectivity index (χ3v) is 3.75. The van der Waals surface area contributed by atoms with E-state index in [2.05, 4.69) is 10.2 Å². The molecule has 0 spiro atoms. The molecule has 1 fully saturated rings. The fourth-order valence-corrected chi connectivity index (χ4v) is 2.67. The molecule has 1 aromatic rings. The molecule has 3 N–H and O–H groups in total. The van der Waals surface area contributed by atoms with Gasteiger partial charge in [0.15, 0.2) is 0 Å². The van der Waals surface area contributed by atoms with E-state index in [-0.39, 0.29) is 5.91 Å². The topological polar surface area (TPSA) is 67.6 Å². The lowest BCUT2D eigenvalue weighted by Gasteiger charge is -2.26. The minimum absolute atomic E-state index is 0.159. The van der Waals surface area contributed by atoms with E-state index in [9.17, 15) is 4.79 Å². The van der Waals surface area contributed by atoms with Crippen LogP contribution < -0.4 is 15.8 Å². The van der Waals surface area contributed by atoms with Gasteiger partial charge in [-0.3, -0.25) is 4.79 Å². The van der Waals surface area contributed by atoms with Gasteiger partial charge in [-0.05, 0) is 45.0 Å². The fourth-order valence-electron chi connectivity index (χ4n) is 2.67. The molecule has 1 aliphatic rings. The smallest absolute Gasteiger partial charge is 0.257 e. The zero-order valence-corrected chi connectivity index (χ0v) is 12.7. The Kier molecular flexibility index (Phi) is 5.87. The first-order valence-electron chi connectivity index (χ1n) is 7.74. The lowest BCUT2D eigenvalue weighted by Crippen LogP contribution is -2.37. The van der Waals surface area contributed by atoms with Gasteiger partial charge in [0, 0.05) is 18.8 Å². The number of anilines is 1. The third-order valence-electron chi connectivity index (χ3n) is 3.75. The van der Waals surface area contributed by atoms with Crippen molar-refractivity contribution in [3.63, 3.8) is 0 Å². The van der Waals surface area contributed by atoms with Crippen LogP contribution in [-0.4, -0.2) is 43.6 Å². The Balaban J connectivity index is 1.90. The third kappa shape index (κ3) is 4.36. The first-order valence-corrected chi connectivity index (χ1v) is 7.74. The summed E-state index contributed by atoms with van der Waals surface area (Å²) in [5.74, 6) is 0.390. The molecule has 0 unspecified atom stereocenters. The number of likely N-dealkylation sites (tertiary alicyclic amines) is 1. The molecule has 2 rings (SSSR count). The van der Waals surface area contributed by atoms with Crippen LogP contribution in [-0.2, 0) is 0 Å². The molecule has 0 radical (unpaired) electrons. The number of nitrogen functional groups attached to an aromatic ring is 1. The molecule has 0 saturated carbocycles. The first-order chi connectivity index (χ1) is 10.2. The zero-order valence-electron chi connectivity index (χ0n) is 12.7. The van der Waals surface area contributed by atoms with Crippen molar-refractivity contribution in [1.82, 2.24) is 10.2 Å². The first kappa shape index (κ1) is 15.6. The molecule has 1 aromatic carbocycles. The summed E-state index contributed by atoms with van der Waals surface area (Å²) in [4.78, 5) is 14.7. The summed E-state index contributed by atoms with van der Waals surface area (Å²) < 4.78 is 5.48. The number of nitrogens with zero attached hydrogens (tertiary/aromatic N) is 1. The summed E-state index contributed by atoms with van der Waals surface area (Å²) in [6.45, 7) is 6.20. The van der Waals surface area contributed by atoms with Crippen LogP contribution >= 0.6 is 0 Å². The van der Waals surface area contributed by atoms with Crippen molar-refractivity contribution in [1.29, 1.82) is 0 Å². The number of carbonyl (C=O) groups excluding carboxylic acids is 1. The van der Waals surface area contributed by atoms with Crippen LogP contribution in [0.5, 0.6) is 5.75 Å². The summed E-state index contributed by atoms with van der Waals surface area (Å²) in [6, 6.07) is 5.30. The van der Waals surface area contributed by atoms with Gasteiger partial charge < -0.3 is 20.7 Å². The van der Waals surface area contributed by atoms with Crippen molar-refractivity contribution in [2.24, 2.45) is 0 Å². The van der Waals surface area contributed by atoms with Gasteiger partial charge in [-0.25, -0.2) is 0 Å². The average molecular weight is 291 g/mol. The second-order valence-electron chi connectivity index (χ2n) is 5.31. The number of nitrogens with one attached hydrogen (secondary N) is 1. The summed E-state index contributed by atoms with van der Waals surface area (Å²) in [5, 5.41) is 2.95. The minimum atomic E-state index is -0.159.